The van der Waals surface area contributed by atoms with Gasteiger partial charge in [-0.1, -0.05) is 0 Å². The molecular formula is C10H9N5O4. The van der Waals surface area contributed by atoms with Crippen LogP contribution >= 0.6 is 0 Å². The van der Waals surface area contributed by atoms with Gasteiger partial charge in [0.1, 0.15) is 24.9 Å². The lowest BCUT2D eigenvalue weighted by atomic mass is 10.2. The second kappa shape index (κ2) is 5.12. The number of phenolic OH excluding ortho intramolecular Hbond substituents is 1. The molecular weight excluding hydrogens is 254 g/mol. The lowest BCUT2D eigenvalue weighted by molar-refractivity contribution is -0.384. The van der Waals surface area contributed by atoms with Crippen LogP contribution in [0.5, 0.6) is 5.75 Å². The number of nitro benzene ring substituents is 1. The second-order valence-electron chi connectivity index (χ2n) is 3.60. The third-order valence-electron chi connectivity index (χ3n) is 2.24. The Labute approximate surface area is 106 Å². The number of amides is 1. The van der Waals surface area contributed by atoms with Gasteiger partial charge in [0.2, 0.25) is 5.91 Å². The van der Waals surface area contributed by atoms with Crippen LogP contribution < -0.4 is 5.32 Å². The summed E-state index contributed by atoms with van der Waals surface area (Å²) in [4.78, 5) is 25.1. The summed E-state index contributed by atoms with van der Waals surface area (Å²) >= 11 is 0. The summed E-state index contributed by atoms with van der Waals surface area (Å²) in [6.45, 7) is -0.0730. The smallest absolute Gasteiger partial charge is 0.273 e. The summed E-state index contributed by atoms with van der Waals surface area (Å²) in [5.41, 5.74) is -0.164. The number of nitrogens with one attached hydrogen (secondary N) is 1. The average Bonchev–Trinajstić information content (AvgIpc) is 2.84. The highest BCUT2D eigenvalue weighted by Crippen LogP contribution is 2.27. The Kier molecular flexibility index (Phi) is 3.37. The lowest BCUT2D eigenvalue weighted by Gasteiger charge is -2.06. The van der Waals surface area contributed by atoms with E-state index in [2.05, 4.69) is 15.4 Å². The SMILES string of the molecule is O=C(Cn1cncn1)Nc1ccc([N+](=O)[O-])cc1O. The normalized spacial score (nSPS) is 10.1. The number of non-ortho nitro benzene ring substituents is 1. The molecule has 19 heavy (non-hydrogen) atoms. The van der Waals surface area contributed by atoms with Crippen molar-refractivity contribution in [1.29, 1.82) is 0 Å². The van der Waals surface area contributed by atoms with Crippen LogP contribution in [-0.4, -0.2) is 30.7 Å². The minimum absolute atomic E-state index is 0.0730. The van der Waals surface area contributed by atoms with E-state index in [-0.39, 0.29) is 23.7 Å². The number of benzene rings is 1. The fourth-order valence-electron chi connectivity index (χ4n) is 1.39. The number of carbonyl (C=O) groups is 1. The van der Waals surface area contributed by atoms with Crippen LogP contribution in [0.25, 0.3) is 0 Å². The third kappa shape index (κ3) is 3.03. The summed E-state index contributed by atoms with van der Waals surface area (Å²) in [5.74, 6) is -0.809. The molecule has 0 fully saturated rings. The number of phenols is 1. The quantitative estimate of drug-likeness (QED) is 0.471. The van der Waals surface area contributed by atoms with E-state index in [4.69, 9.17) is 0 Å². The summed E-state index contributed by atoms with van der Waals surface area (Å²) < 4.78 is 1.30. The van der Waals surface area contributed by atoms with Crippen molar-refractivity contribution in [3.8, 4) is 5.75 Å². The molecule has 2 aromatic rings. The zero-order chi connectivity index (χ0) is 13.8. The number of aromatic nitrogens is 3. The van der Waals surface area contributed by atoms with Crippen molar-refractivity contribution in [1.82, 2.24) is 14.8 Å². The number of hydrogen-bond donors (Lipinski definition) is 2. The first-order valence-corrected chi connectivity index (χ1v) is 5.16. The van der Waals surface area contributed by atoms with Crippen LogP contribution in [0.2, 0.25) is 0 Å². The number of nitro groups is 1. The van der Waals surface area contributed by atoms with Gasteiger partial charge in [0, 0.05) is 6.07 Å². The number of nitrogens with zero attached hydrogens (tertiary/aromatic N) is 4. The maximum atomic E-state index is 11.6. The lowest BCUT2D eigenvalue weighted by Crippen LogP contribution is -2.19. The predicted molar refractivity (Wildman–Crippen MR) is 63.4 cm³/mol. The zero-order valence-corrected chi connectivity index (χ0v) is 9.55. The topological polar surface area (TPSA) is 123 Å². The van der Waals surface area contributed by atoms with E-state index in [1.165, 1.54) is 29.5 Å². The zero-order valence-electron chi connectivity index (χ0n) is 9.55. The van der Waals surface area contributed by atoms with Gasteiger partial charge in [-0.05, 0) is 6.07 Å². The number of anilines is 1. The van der Waals surface area contributed by atoms with E-state index < -0.39 is 10.8 Å². The minimum atomic E-state index is -0.638. The molecule has 2 N–H and O–H groups in total. The highest BCUT2D eigenvalue weighted by Gasteiger charge is 2.12. The molecule has 0 saturated carbocycles. The van der Waals surface area contributed by atoms with Gasteiger partial charge in [0.05, 0.1) is 16.7 Å². The fourth-order valence-corrected chi connectivity index (χ4v) is 1.39. The van der Waals surface area contributed by atoms with Crippen LogP contribution in [0.4, 0.5) is 11.4 Å². The first-order valence-electron chi connectivity index (χ1n) is 5.16. The van der Waals surface area contributed by atoms with E-state index in [9.17, 15) is 20.0 Å². The van der Waals surface area contributed by atoms with E-state index in [0.717, 1.165) is 6.07 Å². The first kappa shape index (κ1) is 12.5. The maximum absolute atomic E-state index is 11.6. The minimum Gasteiger partial charge on any atom is -0.506 e. The van der Waals surface area contributed by atoms with Crippen molar-refractivity contribution in [3.63, 3.8) is 0 Å². The van der Waals surface area contributed by atoms with Gasteiger partial charge >= 0.3 is 0 Å². The van der Waals surface area contributed by atoms with Crippen molar-refractivity contribution in [2.75, 3.05) is 5.32 Å². The van der Waals surface area contributed by atoms with Gasteiger partial charge in [-0.3, -0.25) is 14.9 Å². The molecule has 0 aliphatic heterocycles. The molecule has 1 aromatic heterocycles. The molecule has 0 atom stereocenters. The van der Waals surface area contributed by atoms with Crippen molar-refractivity contribution < 1.29 is 14.8 Å². The van der Waals surface area contributed by atoms with E-state index in [0.29, 0.717) is 0 Å². The molecule has 1 amide bonds. The molecule has 9 nitrogen and oxygen atoms in total. The Balaban J connectivity index is 2.07. The average molecular weight is 263 g/mol. The molecule has 0 aliphatic rings. The number of carbonyl (C=O) groups excluding carboxylic acids is 1. The molecule has 0 bridgehead atoms. The Bertz CT molecular complexity index is 610. The fraction of sp³-hybridized carbons (Fsp3) is 0.100. The molecule has 0 unspecified atom stereocenters. The van der Waals surface area contributed by atoms with Crippen LogP contribution in [-0.2, 0) is 11.3 Å². The predicted octanol–water partition coefficient (Wildman–Crippen LogP) is 0.531. The van der Waals surface area contributed by atoms with Gasteiger partial charge < -0.3 is 10.4 Å². The van der Waals surface area contributed by atoms with Crippen LogP contribution in [0.3, 0.4) is 0 Å². The first-order chi connectivity index (χ1) is 9.06. The highest BCUT2D eigenvalue weighted by atomic mass is 16.6. The third-order valence-corrected chi connectivity index (χ3v) is 2.24. The number of hydrogen-bond acceptors (Lipinski definition) is 6. The summed E-state index contributed by atoms with van der Waals surface area (Å²) in [6.07, 6.45) is 2.66. The van der Waals surface area contributed by atoms with Gasteiger partial charge in [0.15, 0.2) is 0 Å². The molecule has 0 saturated heterocycles. The molecule has 1 heterocycles. The second-order valence-corrected chi connectivity index (χ2v) is 3.60. The summed E-state index contributed by atoms with van der Waals surface area (Å²) in [5, 5.41) is 26.2. The van der Waals surface area contributed by atoms with Crippen molar-refractivity contribution >= 4 is 17.3 Å². The monoisotopic (exact) mass is 263 g/mol. The molecule has 0 spiro atoms. The van der Waals surface area contributed by atoms with Gasteiger partial charge in [-0.2, -0.15) is 5.10 Å². The molecule has 0 radical (unpaired) electrons. The van der Waals surface area contributed by atoms with Gasteiger partial charge in [0.25, 0.3) is 5.69 Å². The van der Waals surface area contributed by atoms with E-state index in [1.54, 1.807) is 0 Å². The van der Waals surface area contributed by atoms with E-state index in [1.807, 2.05) is 0 Å². The Morgan fingerprint density at radius 3 is 2.89 bits per heavy atom. The van der Waals surface area contributed by atoms with Crippen LogP contribution in [0.1, 0.15) is 0 Å². The number of rotatable bonds is 4. The van der Waals surface area contributed by atoms with Crippen LogP contribution in [0.15, 0.2) is 30.9 Å². The summed E-state index contributed by atoms with van der Waals surface area (Å²) in [7, 11) is 0. The van der Waals surface area contributed by atoms with Crippen molar-refractivity contribution in [3.05, 3.63) is 41.0 Å². The standard InChI is InChI=1S/C10H9N5O4/c16-9-3-7(15(18)19)1-2-8(9)13-10(17)4-14-6-11-5-12-14/h1-3,5-6,16H,4H2,(H,13,17). The molecule has 1 aromatic carbocycles. The molecule has 0 aliphatic carbocycles. The Hall–Kier alpha value is -2.97. The maximum Gasteiger partial charge on any atom is 0.273 e. The van der Waals surface area contributed by atoms with Gasteiger partial charge in [-0.25, -0.2) is 9.67 Å². The summed E-state index contributed by atoms with van der Waals surface area (Å²) in [6, 6.07) is 3.41. The largest absolute Gasteiger partial charge is 0.506 e. The van der Waals surface area contributed by atoms with Gasteiger partial charge in [-0.15, -0.1) is 0 Å². The molecule has 98 valence electrons. The number of aromatic hydroxyl groups is 1. The molecule has 9 heteroatoms. The van der Waals surface area contributed by atoms with Crippen molar-refractivity contribution in [2.45, 2.75) is 6.54 Å². The van der Waals surface area contributed by atoms with Crippen LogP contribution in [0, 0.1) is 10.1 Å². The Morgan fingerprint density at radius 2 is 2.32 bits per heavy atom. The van der Waals surface area contributed by atoms with E-state index >= 15 is 0 Å². The van der Waals surface area contributed by atoms with Crippen molar-refractivity contribution in [2.24, 2.45) is 0 Å². The Morgan fingerprint density at radius 1 is 1.53 bits per heavy atom. The highest BCUT2D eigenvalue weighted by molar-refractivity contribution is 5.92. The molecule has 2 rings (SSSR count).